The third-order valence-electron chi connectivity index (χ3n) is 2.72. The van der Waals surface area contributed by atoms with Gasteiger partial charge in [-0.1, -0.05) is 0 Å². The van der Waals surface area contributed by atoms with Crippen LogP contribution in [0.4, 0.5) is 24.9 Å². The largest absolute Gasteiger partial charge is 0.433 e. The molecule has 1 saturated carbocycles. The molecule has 3 N–H and O–H groups in total. The molecule has 6 nitrogen and oxygen atoms in total. The Morgan fingerprint density at radius 1 is 1.33 bits per heavy atom. The van der Waals surface area contributed by atoms with Gasteiger partial charge in [0.2, 0.25) is 11.9 Å². The second-order valence-corrected chi connectivity index (χ2v) is 4.69. The van der Waals surface area contributed by atoms with Crippen LogP contribution in [0.15, 0.2) is 6.07 Å². The van der Waals surface area contributed by atoms with E-state index in [1.54, 1.807) is 6.92 Å². The van der Waals surface area contributed by atoms with E-state index in [2.05, 4.69) is 25.9 Å². The minimum Gasteiger partial charge on any atom is -0.361 e. The van der Waals surface area contributed by atoms with Crippen LogP contribution in [-0.4, -0.2) is 35.0 Å². The van der Waals surface area contributed by atoms with Crippen molar-refractivity contribution in [2.75, 3.05) is 23.7 Å². The maximum absolute atomic E-state index is 12.7. The Kier molecular flexibility index (Phi) is 4.49. The highest BCUT2D eigenvalue weighted by Crippen LogP contribution is 2.29. The lowest BCUT2D eigenvalue weighted by atomic mass is 10.3. The van der Waals surface area contributed by atoms with E-state index < -0.39 is 11.9 Å². The monoisotopic (exact) mass is 303 g/mol. The third-order valence-corrected chi connectivity index (χ3v) is 2.72. The van der Waals surface area contributed by atoms with Gasteiger partial charge in [0.25, 0.3) is 0 Å². The lowest BCUT2D eigenvalue weighted by Gasteiger charge is -2.12. The molecule has 0 aliphatic heterocycles. The van der Waals surface area contributed by atoms with E-state index in [0.717, 1.165) is 18.9 Å². The molecule has 2 rings (SSSR count). The number of hydrogen-bond donors (Lipinski definition) is 3. The summed E-state index contributed by atoms with van der Waals surface area (Å²) in [5.74, 6) is -0.439. The Hall–Kier alpha value is -2.06. The molecule has 0 unspecified atom stereocenters. The summed E-state index contributed by atoms with van der Waals surface area (Å²) in [5.41, 5.74) is -1.06. The summed E-state index contributed by atoms with van der Waals surface area (Å²) in [6.45, 7) is 1.99. The van der Waals surface area contributed by atoms with Gasteiger partial charge in [-0.25, -0.2) is 4.98 Å². The first-order valence-electron chi connectivity index (χ1n) is 6.62. The standard InChI is InChI=1S/C12H16F3N5O/c1-2-16-11-19-8(12(13,14)15)5-9(20-11)17-6-10(21)18-7-3-4-7/h5,7H,2-4,6H2,1H3,(H,18,21)(H2,16,17,19,20). The number of rotatable bonds is 6. The molecule has 0 saturated heterocycles. The summed E-state index contributed by atoms with van der Waals surface area (Å²) in [6, 6.07) is 0.985. The van der Waals surface area contributed by atoms with Crippen LogP contribution < -0.4 is 16.0 Å². The molecule has 1 heterocycles. The van der Waals surface area contributed by atoms with Crippen LogP contribution in [0.3, 0.4) is 0 Å². The van der Waals surface area contributed by atoms with Crippen LogP contribution in [-0.2, 0) is 11.0 Å². The van der Waals surface area contributed by atoms with Crippen molar-refractivity contribution in [3.05, 3.63) is 11.8 Å². The van der Waals surface area contributed by atoms with Crippen molar-refractivity contribution < 1.29 is 18.0 Å². The third kappa shape index (κ3) is 4.76. The normalized spacial score (nSPS) is 14.7. The van der Waals surface area contributed by atoms with Crippen molar-refractivity contribution in [2.24, 2.45) is 0 Å². The van der Waals surface area contributed by atoms with Gasteiger partial charge in [0.05, 0.1) is 6.54 Å². The Labute approximate surface area is 119 Å². The number of carbonyl (C=O) groups is 1. The summed E-state index contributed by atoms with van der Waals surface area (Å²) >= 11 is 0. The molecule has 0 radical (unpaired) electrons. The zero-order valence-corrected chi connectivity index (χ0v) is 11.4. The molecule has 1 aliphatic rings. The van der Waals surface area contributed by atoms with Gasteiger partial charge in [0.15, 0.2) is 5.69 Å². The summed E-state index contributed by atoms with van der Waals surface area (Å²) in [6.07, 6.45) is -2.68. The summed E-state index contributed by atoms with van der Waals surface area (Å²) in [4.78, 5) is 18.8. The van der Waals surface area contributed by atoms with Crippen LogP contribution in [0.25, 0.3) is 0 Å². The molecule has 0 bridgehead atoms. The van der Waals surface area contributed by atoms with Crippen molar-refractivity contribution in [2.45, 2.75) is 32.0 Å². The zero-order valence-electron chi connectivity index (χ0n) is 11.4. The van der Waals surface area contributed by atoms with Gasteiger partial charge in [-0.15, -0.1) is 0 Å². The van der Waals surface area contributed by atoms with E-state index in [9.17, 15) is 18.0 Å². The number of amides is 1. The summed E-state index contributed by atoms with van der Waals surface area (Å²) in [5, 5.41) is 7.94. The minimum atomic E-state index is -4.57. The zero-order chi connectivity index (χ0) is 15.5. The number of aromatic nitrogens is 2. The fourth-order valence-electron chi connectivity index (χ4n) is 1.60. The molecule has 1 aromatic heterocycles. The van der Waals surface area contributed by atoms with Crippen LogP contribution in [0.5, 0.6) is 0 Å². The average molecular weight is 303 g/mol. The van der Waals surface area contributed by atoms with E-state index in [1.807, 2.05) is 0 Å². The summed E-state index contributed by atoms with van der Waals surface area (Å²) in [7, 11) is 0. The number of nitrogens with one attached hydrogen (secondary N) is 3. The highest BCUT2D eigenvalue weighted by atomic mass is 19.4. The average Bonchev–Trinajstić information content (AvgIpc) is 3.19. The predicted molar refractivity (Wildman–Crippen MR) is 70.9 cm³/mol. The van der Waals surface area contributed by atoms with E-state index >= 15 is 0 Å². The fraction of sp³-hybridized carbons (Fsp3) is 0.583. The lowest BCUT2D eigenvalue weighted by Crippen LogP contribution is -2.31. The van der Waals surface area contributed by atoms with Crippen molar-refractivity contribution in [1.82, 2.24) is 15.3 Å². The second-order valence-electron chi connectivity index (χ2n) is 4.69. The maximum Gasteiger partial charge on any atom is 0.433 e. The first-order valence-corrected chi connectivity index (χ1v) is 6.62. The Balaban J connectivity index is 2.05. The Morgan fingerprint density at radius 2 is 2.05 bits per heavy atom. The molecule has 9 heteroatoms. The lowest BCUT2D eigenvalue weighted by molar-refractivity contribution is -0.141. The van der Waals surface area contributed by atoms with Gasteiger partial charge in [0, 0.05) is 18.7 Å². The molecular formula is C12H16F3N5O. The van der Waals surface area contributed by atoms with Gasteiger partial charge < -0.3 is 16.0 Å². The van der Waals surface area contributed by atoms with E-state index in [1.165, 1.54) is 0 Å². The smallest absolute Gasteiger partial charge is 0.361 e. The van der Waals surface area contributed by atoms with E-state index in [0.29, 0.717) is 6.54 Å². The number of hydrogen-bond acceptors (Lipinski definition) is 5. The molecule has 1 aromatic rings. The number of nitrogens with zero attached hydrogens (tertiary/aromatic N) is 2. The van der Waals surface area contributed by atoms with Gasteiger partial charge in [-0.05, 0) is 19.8 Å². The predicted octanol–water partition coefficient (Wildman–Crippen LogP) is 1.62. The highest BCUT2D eigenvalue weighted by molar-refractivity contribution is 5.81. The molecule has 0 spiro atoms. The van der Waals surface area contributed by atoms with Crippen LogP contribution in [0.1, 0.15) is 25.5 Å². The summed E-state index contributed by atoms with van der Waals surface area (Å²) < 4.78 is 38.2. The first kappa shape index (κ1) is 15.3. The highest BCUT2D eigenvalue weighted by Gasteiger charge is 2.33. The number of carbonyl (C=O) groups excluding carboxylic acids is 1. The van der Waals surface area contributed by atoms with E-state index in [4.69, 9.17) is 0 Å². The first-order chi connectivity index (χ1) is 9.88. The topological polar surface area (TPSA) is 78.9 Å². The maximum atomic E-state index is 12.7. The minimum absolute atomic E-state index is 0.0424. The Bertz CT molecular complexity index is 516. The quantitative estimate of drug-likeness (QED) is 0.744. The van der Waals surface area contributed by atoms with Gasteiger partial charge in [-0.2, -0.15) is 18.2 Å². The fourth-order valence-corrected chi connectivity index (χ4v) is 1.60. The number of halogens is 3. The molecule has 1 fully saturated rings. The number of alkyl halides is 3. The van der Waals surface area contributed by atoms with Crippen molar-refractivity contribution >= 4 is 17.7 Å². The van der Waals surface area contributed by atoms with Crippen LogP contribution in [0, 0.1) is 0 Å². The van der Waals surface area contributed by atoms with Crippen molar-refractivity contribution in [3.63, 3.8) is 0 Å². The molecular weight excluding hydrogens is 287 g/mol. The molecule has 0 aromatic carbocycles. The Morgan fingerprint density at radius 3 is 2.62 bits per heavy atom. The molecule has 0 atom stereocenters. The SMILES string of the molecule is CCNc1nc(NCC(=O)NC2CC2)cc(C(F)(F)F)n1. The number of anilines is 2. The van der Waals surface area contributed by atoms with E-state index in [-0.39, 0.29) is 30.3 Å². The van der Waals surface area contributed by atoms with Crippen LogP contribution >= 0.6 is 0 Å². The van der Waals surface area contributed by atoms with Gasteiger partial charge in [-0.3, -0.25) is 4.79 Å². The van der Waals surface area contributed by atoms with Gasteiger partial charge in [0.1, 0.15) is 5.82 Å². The van der Waals surface area contributed by atoms with Crippen molar-refractivity contribution in [1.29, 1.82) is 0 Å². The van der Waals surface area contributed by atoms with Crippen LogP contribution in [0.2, 0.25) is 0 Å². The molecule has 116 valence electrons. The second kappa shape index (κ2) is 6.15. The van der Waals surface area contributed by atoms with Gasteiger partial charge >= 0.3 is 6.18 Å². The molecule has 21 heavy (non-hydrogen) atoms. The van der Waals surface area contributed by atoms with Crippen molar-refractivity contribution in [3.8, 4) is 0 Å². The molecule has 1 amide bonds. The molecule has 1 aliphatic carbocycles.